The van der Waals surface area contributed by atoms with E-state index < -0.39 is 152 Å². The largest absolute Gasteiger partial charge is 0.459 e. The zero-order chi connectivity index (χ0) is 50.4. The monoisotopic (exact) mass is 1000 g/mol. The molecule has 0 aromatic rings. The summed E-state index contributed by atoms with van der Waals surface area (Å²) in [7, 11) is 0. The van der Waals surface area contributed by atoms with Crippen molar-refractivity contribution < 1.29 is 103 Å². The number of cyclic esters (lactones) is 1. The van der Waals surface area contributed by atoms with Crippen LogP contribution in [0.4, 0.5) is 0 Å². The van der Waals surface area contributed by atoms with Crippen molar-refractivity contribution in [1.29, 1.82) is 0 Å². The van der Waals surface area contributed by atoms with Gasteiger partial charge >= 0.3 is 11.9 Å². The predicted octanol–water partition coefficient (Wildman–Crippen LogP) is -0.416. The normalized spacial score (nSPS) is 53.8. The number of carbonyl (C=O) groups is 2. The molecule has 0 aromatic carbocycles. The molecule has 0 amide bonds. The van der Waals surface area contributed by atoms with Crippen molar-refractivity contribution in [2.24, 2.45) is 34.5 Å². The standard InChI is InChI=1S/C49H76O21/c1-20-43(68-37-15-30(53)44(21(2)63-37)69-38-16-32(65-23(4)51)45(22(3)64-38)70-46-42(59)41(58)40(57)33(18-50)67-46)29(52)14-36(62-20)66-26-9-10-47(5)25(12-26)7-8-27-28(47)13-34(55)48(6)39(24-11-35(56)61-19-24)31(54)17-49(27,48)60/h11,20-22,25-34,36-46,50,52-55,57-60H,7-10,12-19H2,1-6H3/t20-,21-,22-,25?,26?,27-,28+,29+,30+,31+,32+,33-,34-,36+,37+,38+,39+,40-,41+,42-,43-,44-,45-,46+,47+,48-,49+/m1/s1. The fraction of sp³-hybridized carbons (Fsp3) is 0.918. The first-order valence-electron chi connectivity index (χ1n) is 25.4. The SMILES string of the molecule is CC(=O)O[C@H]1C[C@H](O[C@H]2[C@@H](O)C[C@H](O[C@H]3[C@@H](O)C[C@H](OC4CC[C@@]5(C)C(CC[C@@H]6[C@@H]5C[C@@H](O)[C@]5(C)[C@@H](C7=CC(=O)OC7)[C@@H](O)C[C@]65O)C4)O[C@@H]3C)O[C@@H]2C)O[C@H](C)[C@H]1O[C@@H]1O[C@H](CO)[C@@H](O)[C@H](O)[C@H]1O. The van der Waals surface area contributed by atoms with Crippen molar-refractivity contribution in [3.8, 4) is 0 Å². The van der Waals surface area contributed by atoms with Crippen molar-refractivity contribution >= 4 is 11.9 Å². The van der Waals surface area contributed by atoms with Gasteiger partial charge < -0.3 is 93.3 Å². The molecule has 21 heteroatoms. The van der Waals surface area contributed by atoms with E-state index in [0.29, 0.717) is 12.0 Å². The van der Waals surface area contributed by atoms with Gasteiger partial charge in [0.05, 0.1) is 61.0 Å². The summed E-state index contributed by atoms with van der Waals surface area (Å²) in [5.41, 5.74) is -1.92. The van der Waals surface area contributed by atoms with E-state index in [-0.39, 0.29) is 61.6 Å². The summed E-state index contributed by atoms with van der Waals surface area (Å²) in [5.74, 6) is -1.55. The molecule has 4 saturated heterocycles. The number of carbonyl (C=O) groups excluding carboxylic acids is 2. The van der Waals surface area contributed by atoms with E-state index in [0.717, 1.165) is 32.1 Å². The molecule has 8 fully saturated rings. The number of rotatable bonds is 11. The Morgan fingerprint density at radius 2 is 1.33 bits per heavy atom. The molecule has 4 saturated carbocycles. The molecule has 9 rings (SSSR count). The highest BCUT2D eigenvalue weighted by atomic mass is 16.8. The van der Waals surface area contributed by atoms with Crippen LogP contribution in [0.2, 0.25) is 0 Å². The fourth-order valence-electron chi connectivity index (χ4n) is 14.7. The Labute approximate surface area is 407 Å². The van der Waals surface area contributed by atoms with Gasteiger partial charge in [0, 0.05) is 50.0 Å². The number of ether oxygens (including phenoxy) is 10. The minimum atomic E-state index is -1.69. The lowest BCUT2D eigenvalue weighted by Crippen LogP contribution is -2.67. The van der Waals surface area contributed by atoms with Crippen LogP contribution < -0.4 is 0 Å². The fourth-order valence-corrected chi connectivity index (χ4v) is 14.7. The summed E-state index contributed by atoms with van der Waals surface area (Å²) in [6, 6.07) is 0. The number of aliphatic hydroxyl groups excluding tert-OH is 8. The summed E-state index contributed by atoms with van der Waals surface area (Å²) in [5, 5.41) is 99.5. The molecule has 0 radical (unpaired) electrons. The van der Waals surface area contributed by atoms with Gasteiger partial charge in [-0.3, -0.25) is 4.79 Å². The Morgan fingerprint density at radius 1 is 0.714 bits per heavy atom. The first kappa shape index (κ1) is 52.8. The van der Waals surface area contributed by atoms with Gasteiger partial charge in [-0.25, -0.2) is 4.79 Å². The van der Waals surface area contributed by atoms with Crippen molar-refractivity contribution in [3.63, 3.8) is 0 Å². The van der Waals surface area contributed by atoms with Crippen LogP contribution in [0.15, 0.2) is 11.6 Å². The highest BCUT2D eigenvalue weighted by molar-refractivity contribution is 5.85. The third-order valence-corrected chi connectivity index (χ3v) is 18.3. The van der Waals surface area contributed by atoms with Gasteiger partial charge in [-0.15, -0.1) is 0 Å². The molecular formula is C49H76O21. The molecule has 70 heavy (non-hydrogen) atoms. The van der Waals surface area contributed by atoms with Crippen LogP contribution in [0.5, 0.6) is 0 Å². The highest BCUT2D eigenvalue weighted by Gasteiger charge is 2.73. The Kier molecular flexibility index (Phi) is 15.3. The lowest BCUT2D eigenvalue weighted by atomic mass is 9.42. The molecule has 21 nitrogen and oxygen atoms in total. The second-order valence-corrected chi connectivity index (χ2v) is 22.4. The maximum atomic E-state index is 12.6. The summed E-state index contributed by atoms with van der Waals surface area (Å²) >= 11 is 0. The van der Waals surface area contributed by atoms with E-state index in [1.807, 2.05) is 6.92 Å². The van der Waals surface area contributed by atoms with Gasteiger partial charge in [-0.2, -0.15) is 0 Å². The zero-order valence-electron chi connectivity index (χ0n) is 40.8. The molecule has 4 aliphatic carbocycles. The van der Waals surface area contributed by atoms with E-state index in [2.05, 4.69) is 6.92 Å². The lowest BCUT2D eigenvalue weighted by molar-refractivity contribution is -0.355. The molecule has 5 aliphatic heterocycles. The number of fused-ring (bicyclic) bond motifs is 5. The van der Waals surface area contributed by atoms with Crippen LogP contribution in [0.3, 0.4) is 0 Å². The number of hydrogen-bond acceptors (Lipinski definition) is 21. The Bertz CT molecular complexity index is 1880. The van der Waals surface area contributed by atoms with Crippen molar-refractivity contribution in [2.75, 3.05) is 13.2 Å². The van der Waals surface area contributed by atoms with Gasteiger partial charge in [-0.1, -0.05) is 13.8 Å². The van der Waals surface area contributed by atoms with Gasteiger partial charge in [0.25, 0.3) is 0 Å². The van der Waals surface area contributed by atoms with Crippen molar-refractivity contribution in [3.05, 3.63) is 11.6 Å². The minimum absolute atomic E-state index is 0.0175. The van der Waals surface area contributed by atoms with Gasteiger partial charge in [-0.05, 0) is 88.0 Å². The summed E-state index contributed by atoms with van der Waals surface area (Å²) in [4.78, 5) is 24.2. The van der Waals surface area contributed by atoms with Crippen LogP contribution >= 0.6 is 0 Å². The van der Waals surface area contributed by atoms with Gasteiger partial charge in [0.1, 0.15) is 55.4 Å². The summed E-state index contributed by atoms with van der Waals surface area (Å²) < 4.78 is 59.9. The molecule has 0 bridgehead atoms. The molecule has 27 atom stereocenters. The number of esters is 2. The maximum Gasteiger partial charge on any atom is 0.331 e. The summed E-state index contributed by atoms with van der Waals surface area (Å²) in [6.45, 7) is 9.87. The molecule has 0 spiro atoms. The summed E-state index contributed by atoms with van der Waals surface area (Å²) in [6.07, 6.45) is -14.3. The van der Waals surface area contributed by atoms with E-state index in [1.54, 1.807) is 20.8 Å². The van der Waals surface area contributed by atoms with Crippen LogP contribution in [0, 0.1) is 34.5 Å². The zero-order valence-corrected chi connectivity index (χ0v) is 40.8. The van der Waals surface area contributed by atoms with Crippen molar-refractivity contribution in [1.82, 2.24) is 0 Å². The van der Waals surface area contributed by atoms with E-state index in [4.69, 9.17) is 47.4 Å². The average molecular weight is 1000 g/mol. The maximum absolute atomic E-state index is 12.6. The van der Waals surface area contributed by atoms with Crippen LogP contribution in [-0.4, -0.2) is 200 Å². The van der Waals surface area contributed by atoms with E-state index in [9.17, 15) is 55.5 Å². The molecule has 0 aromatic heterocycles. The van der Waals surface area contributed by atoms with Crippen LogP contribution in [0.1, 0.15) is 106 Å². The first-order valence-corrected chi connectivity index (χ1v) is 25.4. The number of aliphatic hydroxyl groups is 9. The average Bonchev–Trinajstić information content (AvgIpc) is 3.80. The van der Waals surface area contributed by atoms with Gasteiger partial charge in [0.2, 0.25) is 0 Å². The highest BCUT2D eigenvalue weighted by Crippen LogP contribution is 2.70. The molecule has 2 unspecified atom stereocenters. The Hall–Kier alpha value is -2.00. The quantitative estimate of drug-likeness (QED) is 0.0938. The molecule has 9 N–H and O–H groups in total. The first-order chi connectivity index (χ1) is 33.1. The van der Waals surface area contributed by atoms with Crippen LogP contribution in [-0.2, 0) is 57.0 Å². The molecule has 9 aliphatic rings. The lowest BCUT2D eigenvalue weighted by Gasteiger charge is -2.65. The van der Waals surface area contributed by atoms with Crippen LogP contribution in [0.25, 0.3) is 0 Å². The molecule has 5 heterocycles. The second kappa shape index (κ2) is 20.3. The van der Waals surface area contributed by atoms with E-state index >= 15 is 0 Å². The van der Waals surface area contributed by atoms with Gasteiger partial charge in [0.15, 0.2) is 25.2 Å². The van der Waals surface area contributed by atoms with E-state index in [1.165, 1.54) is 13.0 Å². The Morgan fingerprint density at radius 3 is 1.91 bits per heavy atom. The van der Waals surface area contributed by atoms with Crippen molar-refractivity contribution in [2.45, 2.75) is 234 Å². The topological polar surface area (TPSA) is 309 Å². The third-order valence-electron chi connectivity index (χ3n) is 18.3. The molecule has 398 valence electrons. The third kappa shape index (κ3) is 9.43. The Balaban J connectivity index is 0.756. The smallest absolute Gasteiger partial charge is 0.331 e. The minimum Gasteiger partial charge on any atom is -0.459 e. The second-order valence-electron chi connectivity index (χ2n) is 22.4. The molecular weight excluding hydrogens is 925 g/mol. The number of hydrogen-bond donors (Lipinski definition) is 9. The predicted molar refractivity (Wildman–Crippen MR) is 236 cm³/mol.